The second-order valence-corrected chi connectivity index (χ2v) is 5.08. The largest absolute Gasteiger partial charge is 0.424 e. The first-order valence-electron chi connectivity index (χ1n) is 5.64. The monoisotopic (exact) mass is 341 g/mol. The molecule has 0 aliphatic heterocycles. The Morgan fingerprint density at radius 3 is 2.38 bits per heavy atom. The molecule has 0 unspecified atom stereocenters. The fraction of sp³-hybridized carbons (Fsp3) is 0. The van der Waals surface area contributed by atoms with E-state index in [1.165, 1.54) is 6.33 Å². The molecular formula is C12H6Cl3N5O. The van der Waals surface area contributed by atoms with E-state index in [1.807, 2.05) is 0 Å². The molecule has 0 saturated carbocycles. The highest BCUT2D eigenvalue weighted by atomic mass is 35.5. The molecule has 2 aromatic heterocycles. The Hall–Kier alpha value is -1.89. The van der Waals surface area contributed by atoms with Crippen molar-refractivity contribution in [3.8, 4) is 17.7 Å². The van der Waals surface area contributed by atoms with Gasteiger partial charge in [0.15, 0.2) is 0 Å². The molecule has 0 saturated heterocycles. The lowest BCUT2D eigenvalue weighted by atomic mass is 10.3. The molecule has 3 rings (SSSR count). The SMILES string of the molecule is Clc1cc(Cl)cc(Oc2nc(Cl)nc(-n3ccnc3)n2)c1. The van der Waals surface area contributed by atoms with Gasteiger partial charge in [0.1, 0.15) is 12.1 Å². The van der Waals surface area contributed by atoms with E-state index in [1.54, 1.807) is 35.2 Å². The highest BCUT2D eigenvalue weighted by molar-refractivity contribution is 6.34. The standard InChI is InChI=1S/C12H6Cl3N5O/c13-7-3-8(14)5-9(4-7)21-12-18-10(15)17-11(19-12)20-2-1-16-6-20/h1-6H. The molecule has 0 radical (unpaired) electrons. The van der Waals surface area contributed by atoms with E-state index in [2.05, 4.69) is 19.9 Å². The van der Waals surface area contributed by atoms with E-state index in [9.17, 15) is 0 Å². The zero-order valence-corrected chi connectivity index (χ0v) is 12.5. The molecule has 9 heteroatoms. The van der Waals surface area contributed by atoms with Crippen molar-refractivity contribution in [2.45, 2.75) is 0 Å². The van der Waals surface area contributed by atoms with Crippen LogP contribution in [0, 0.1) is 0 Å². The van der Waals surface area contributed by atoms with Gasteiger partial charge in [-0.15, -0.1) is 0 Å². The summed E-state index contributed by atoms with van der Waals surface area (Å²) in [6.07, 6.45) is 4.80. The Bertz CT molecular complexity index is 758. The van der Waals surface area contributed by atoms with Crippen molar-refractivity contribution in [3.05, 3.63) is 52.2 Å². The maximum Gasteiger partial charge on any atom is 0.328 e. The highest BCUT2D eigenvalue weighted by Crippen LogP contribution is 2.27. The van der Waals surface area contributed by atoms with Crippen molar-refractivity contribution in [3.63, 3.8) is 0 Å². The first-order valence-corrected chi connectivity index (χ1v) is 6.77. The third-order valence-electron chi connectivity index (χ3n) is 2.36. The van der Waals surface area contributed by atoms with E-state index in [0.29, 0.717) is 15.8 Å². The van der Waals surface area contributed by atoms with Gasteiger partial charge in [-0.2, -0.15) is 15.0 Å². The molecule has 0 aliphatic rings. The van der Waals surface area contributed by atoms with E-state index in [0.717, 1.165) is 0 Å². The maximum absolute atomic E-state index is 5.90. The van der Waals surface area contributed by atoms with Gasteiger partial charge in [0.2, 0.25) is 11.2 Å². The van der Waals surface area contributed by atoms with Gasteiger partial charge in [-0.05, 0) is 29.8 Å². The van der Waals surface area contributed by atoms with Crippen LogP contribution >= 0.6 is 34.8 Å². The van der Waals surface area contributed by atoms with Crippen molar-refractivity contribution in [2.75, 3.05) is 0 Å². The lowest BCUT2D eigenvalue weighted by Gasteiger charge is -2.06. The first-order chi connectivity index (χ1) is 10.1. The highest BCUT2D eigenvalue weighted by Gasteiger charge is 2.09. The van der Waals surface area contributed by atoms with Crippen LogP contribution in [0.3, 0.4) is 0 Å². The third kappa shape index (κ3) is 3.41. The van der Waals surface area contributed by atoms with E-state index < -0.39 is 0 Å². The Kier molecular flexibility index (Phi) is 3.92. The summed E-state index contributed by atoms with van der Waals surface area (Å²) in [7, 11) is 0. The Balaban J connectivity index is 1.95. The minimum absolute atomic E-state index is 0.00294. The Labute approximate surface area is 134 Å². The Morgan fingerprint density at radius 2 is 1.71 bits per heavy atom. The fourth-order valence-electron chi connectivity index (χ4n) is 1.55. The second kappa shape index (κ2) is 5.85. The lowest BCUT2D eigenvalue weighted by Crippen LogP contribution is -2.03. The van der Waals surface area contributed by atoms with Crippen LogP contribution in [0.5, 0.6) is 11.8 Å². The van der Waals surface area contributed by atoms with Crippen LogP contribution in [0.15, 0.2) is 36.9 Å². The summed E-state index contributed by atoms with van der Waals surface area (Å²) in [5.74, 6) is 0.682. The van der Waals surface area contributed by atoms with Crippen molar-refractivity contribution in [1.82, 2.24) is 24.5 Å². The summed E-state index contributed by atoms with van der Waals surface area (Å²) in [6.45, 7) is 0. The fourth-order valence-corrected chi connectivity index (χ4v) is 2.21. The number of hydrogen-bond donors (Lipinski definition) is 0. The molecule has 0 spiro atoms. The predicted octanol–water partition coefficient (Wildman–Crippen LogP) is 3.81. The molecular weight excluding hydrogens is 337 g/mol. The van der Waals surface area contributed by atoms with Gasteiger partial charge < -0.3 is 4.74 Å². The number of ether oxygens (including phenoxy) is 1. The Morgan fingerprint density at radius 1 is 0.952 bits per heavy atom. The molecule has 2 heterocycles. The molecule has 0 amide bonds. The zero-order chi connectivity index (χ0) is 14.8. The van der Waals surface area contributed by atoms with Crippen LogP contribution in [-0.2, 0) is 0 Å². The number of halogens is 3. The van der Waals surface area contributed by atoms with Gasteiger partial charge in [-0.3, -0.25) is 4.57 Å². The molecule has 6 nitrogen and oxygen atoms in total. The molecule has 21 heavy (non-hydrogen) atoms. The van der Waals surface area contributed by atoms with Crippen LogP contribution in [0.1, 0.15) is 0 Å². The summed E-state index contributed by atoms with van der Waals surface area (Å²) >= 11 is 17.7. The summed E-state index contributed by atoms with van der Waals surface area (Å²) in [6, 6.07) is 4.79. The number of aromatic nitrogens is 5. The van der Waals surface area contributed by atoms with E-state index in [-0.39, 0.29) is 17.2 Å². The normalized spacial score (nSPS) is 10.6. The number of hydrogen-bond acceptors (Lipinski definition) is 5. The summed E-state index contributed by atoms with van der Waals surface area (Å²) < 4.78 is 7.09. The van der Waals surface area contributed by atoms with Crippen LogP contribution in [0.4, 0.5) is 0 Å². The van der Waals surface area contributed by atoms with E-state index in [4.69, 9.17) is 39.5 Å². The quantitative estimate of drug-likeness (QED) is 0.724. The van der Waals surface area contributed by atoms with Crippen molar-refractivity contribution in [1.29, 1.82) is 0 Å². The molecule has 0 fully saturated rings. The van der Waals surface area contributed by atoms with Crippen LogP contribution < -0.4 is 4.74 Å². The van der Waals surface area contributed by atoms with Gasteiger partial charge in [0.25, 0.3) is 0 Å². The predicted molar refractivity (Wildman–Crippen MR) is 78.5 cm³/mol. The van der Waals surface area contributed by atoms with Gasteiger partial charge >= 0.3 is 6.01 Å². The topological polar surface area (TPSA) is 65.7 Å². The van der Waals surface area contributed by atoms with E-state index >= 15 is 0 Å². The molecule has 0 aliphatic carbocycles. The van der Waals surface area contributed by atoms with Crippen molar-refractivity contribution in [2.24, 2.45) is 0 Å². The van der Waals surface area contributed by atoms with Crippen LogP contribution in [-0.4, -0.2) is 24.5 Å². The van der Waals surface area contributed by atoms with Gasteiger partial charge in [0, 0.05) is 22.4 Å². The maximum atomic E-state index is 5.90. The summed E-state index contributed by atoms with van der Waals surface area (Å²) in [5, 5.41) is 0.872. The molecule has 0 atom stereocenters. The molecule has 3 aromatic rings. The number of benzene rings is 1. The van der Waals surface area contributed by atoms with Gasteiger partial charge in [0.05, 0.1) is 0 Å². The smallest absolute Gasteiger partial charge is 0.328 e. The van der Waals surface area contributed by atoms with Crippen molar-refractivity contribution < 1.29 is 4.74 Å². The minimum Gasteiger partial charge on any atom is -0.424 e. The summed E-state index contributed by atoms with van der Waals surface area (Å²) in [5.41, 5.74) is 0. The minimum atomic E-state index is -0.00294. The lowest BCUT2D eigenvalue weighted by molar-refractivity contribution is 0.438. The number of rotatable bonds is 3. The van der Waals surface area contributed by atoms with Gasteiger partial charge in [-0.1, -0.05) is 23.2 Å². The van der Waals surface area contributed by atoms with Crippen LogP contribution in [0.2, 0.25) is 15.3 Å². The summed E-state index contributed by atoms with van der Waals surface area (Å²) in [4.78, 5) is 15.9. The zero-order valence-electron chi connectivity index (χ0n) is 10.2. The first kappa shape index (κ1) is 14.1. The molecule has 0 bridgehead atoms. The molecule has 0 N–H and O–H groups in total. The van der Waals surface area contributed by atoms with Crippen molar-refractivity contribution >= 4 is 34.8 Å². The number of nitrogens with zero attached hydrogens (tertiary/aromatic N) is 5. The van der Waals surface area contributed by atoms with Crippen LogP contribution in [0.25, 0.3) is 5.95 Å². The molecule has 106 valence electrons. The average Bonchev–Trinajstić information content (AvgIpc) is 2.90. The second-order valence-electron chi connectivity index (χ2n) is 3.86. The van der Waals surface area contributed by atoms with Gasteiger partial charge in [-0.25, -0.2) is 4.98 Å². The average molecular weight is 343 g/mol. The molecule has 1 aromatic carbocycles. The number of imidazole rings is 1. The third-order valence-corrected chi connectivity index (χ3v) is 2.96.